The van der Waals surface area contributed by atoms with Gasteiger partial charge in [-0.1, -0.05) is 0 Å². The highest BCUT2D eigenvalue weighted by Crippen LogP contribution is 2.39. The van der Waals surface area contributed by atoms with Crippen LogP contribution in [0.4, 0.5) is 5.69 Å². The highest BCUT2D eigenvalue weighted by atomic mass is 16.5. The van der Waals surface area contributed by atoms with Gasteiger partial charge in [-0.25, -0.2) is 0 Å². The fourth-order valence-corrected chi connectivity index (χ4v) is 4.23. The van der Waals surface area contributed by atoms with Crippen LogP contribution in [0.25, 0.3) is 0 Å². The van der Waals surface area contributed by atoms with E-state index in [1.165, 1.54) is 12.8 Å². The average molecular weight is 370 g/mol. The van der Waals surface area contributed by atoms with Crippen molar-refractivity contribution < 1.29 is 14.3 Å². The Bertz CT molecular complexity index is 686. The molecule has 0 radical (unpaired) electrons. The Balaban J connectivity index is 1.46. The summed E-state index contributed by atoms with van der Waals surface area (Å²) in [5.74, 6) is 2.21. The van der Waals surface area contributed by atoms with Crippen molar-refractivity contribution in [2.75, 3.05) is 25.1 Å². The van der Waals surface area contributed by atoms with Crippen molar-refractivity contribution in [2.24, 2.45) is 17.8 Å². The number of ether oxygens (including phenoxy) is 1. The number of piperidine rings is 1. The molecule has 1 aliphatic heterocycles. The van der Waals surface area contributed by atoms with Gasteiger partial charge in [-0.3, -0.25) is 9.59 Å². The Morgan fingerprint density at radius 2 is 1.63 bits per heavy atom. The van der Waals surface area contributed by atoms with Gasteiger partial charge < -0.3 is 14.5 Å². The van der Waals surface area contributed by atoms with Crippen molar-refractivity contribution in [2.45, 2.75) is 51.5 Å². The predicted molar refractivity (Wildman–Crippen MR) is 105 cm³/mol. The van der Waals surface area contributed by atoms with E-state index in [0.29, 0.717) is 11.8 Å². The minimum Gasteiger partial charge on any atom is -0.497 e. The van der Waals surface area contributed by atoms with Crippen LogP contribution in [0.1, 0.15) is 45.4 Å². The number of likely N-dealkylation sites (tertiary alicyclic amines) is 1. The summed E-state index contributed by atoms with van der Waals surface area (Å²) in [6.07, 6.45) is 6.05. The largest absolute Gasteiger partial charge is 0.497 e. The number of nitrogens with zero attached hydrogens (tertiary/aromatic N) is 2. The Morgan fingerprint density at radius 3 is 2.15 bits per heavy atom. The molecule has 4 rings (SSSR count). The fraction of sp³-hybridized carbons (Fsp3) is 0.636. The smallest absolute Gasteiger partial charge is 0.230 e. The minimum absolute atomic E-state index is 0.0107. The third kappa shape index (κ3) is 3.97. The lowest BCUT2D eigenvalue weighted by Crippen LogP contribution is -2.48. The van der Waals surface area contributed by atoms with E-state index < -0.39 is 0 Å². The molecule has 27 heavy (non-hydrogen) atoms. The van der Waals surface area contributed by atoms with Crippen LogP contribution in [-0.2, 0) is 9.59 Å². The van der Waals surface area contributed by atoms with Crippen LogP contribution >= 0.6 is 0 Å². The van der Waals surface area contributed by atoms with Crippen molar-refractivity contribution in [3.05, 3.63) is 24.3 Å². The van der Waals surface area contributed by atoms with Crippen molar-refractivity contribution >= 4 is 17.5 Å². The number of amides is 2. The van der Waals surface area contributed by atoms with Crippen molar-refractivity contribution in [1.82, 2.24) is 4.90 Å². The van der Waals surface area contributed by atoms with Crippen LogP contribution < -0.4 is 9.64 Å². The molecule has 1 saturated heterocycles. The molecule has 5 nitrogen and oxygen atoms in total. The number of hydrogen-bond acceptors (Lipinski definition) is 3. The van der Waals surface area contributed by atoms with Gasteiger partial charge in [0.1, 0.15) is 5.75 Å². The molecule has 3 fully saturated rings. The topological polar surface area (TPSA) is 49.9 Å². The number of rotatable bonds is 6. The van der Waals surface area contributed by atoms with Gasteiger partial charge in [0.2, 0.25) is 11.8 Å². The Morgan fingerprint density at radius 1 is 1.00 bits per heavy atom. The first kappa shape index (κ1) is 18.3. The number of anilines is 1. The molecule has 1 heterocycles. The average Bonchev–Trinajstić information content (AvgIpc) is 3.60. The van der Waals surface area contributed by atoms with Crippen molar-refractivity contribution in [3.8, 4) is 5.75 Å². The molecule has 1 aromatic rings. The molecular formula is C22H30N2O3. The van der Waals surface area contributed by atoms with Crippen LogP contribution in [0.15, 0.2) is 24.3 Å². The van der Waals surface area contributed by atoms with Gasteiger partial charge in [0.15, 0.2) is 0 Å². The van der Waals surface area contributed by atoms with E-state index in [1.54, 1.807) is 7.11 Å². The third-order valence-electron chi connectivity index (χ3n) is 6.38. The lowest BCUT2D eigenvalue weighted by Gasteiger charge is -2.37. The molecule has 1 aromatic carbocycles. The van der Waals surface area contributed by atoms with Gasteiger partial charge in [-0.2, -0.15) is 0 Å². The summed E-state index contributed by atoms with van der Waals surface area (Å²) in [5.41, 5.74) is 0.955. The molecule has 5 heteroatoms. The zero-order valence-corrected chi connectivity index (χ0v) is 16.4. The van der Waals surface area contributed by atoms with Crippen LogP contribution in [0.3, 0.4) is 0 Å². The highest BCUT2D eigenvalue weighted by Gasteiger charge is 2.40. The zero-order chi connectivity index (χ0) is 19.0. The summed E-state index contributed by atoms with van der Waals surface area (Å²) in [5, 5.41) is 0. The Kier molecular flexibility index (Phi) is 5.11. The van der Waals surface area contributed by atoms with E-state index in [4.69, 9.17) is 4.74 Å². The summed E-state index contributed by atoms with van der Waals surface area (Å²) in [4.78, 5) is 29.7. The SMILES string of the molecule is COc1ccc(N(C(=O)C2CCN(C(=O)C3CC3)CC2)C(C)C2CC2)cc1. The molecule has 0 N–H and O–H groups in total. The second-order valence-corrected chi connectivity index (χ2v) is 8.36. The summed E-state index contributed by atoms with van der Waals surface area (Å²) in [6.45, 7) is 3.62. The lowest BCUT2D eigenvalue weighted by molar-refractivity contribution is -0.136. The van der Waals surface area contributed by atoms with Crippen molar-refractivity contribution in [1.29, 1.82) is 0 Å². The standard InChI is InChI=1S/C22H30N2O3/c1-15(16-3-4-16)24(19-7-9-20(27-2)10-8-19)22(26)18-11-13-23(14-12-18)21(25)17-5-6-17/h7-10,15-18H,3-6,11-14H2,1-2H3. The van der Waals surface area contributed by atoms with E-state index in [-0.39, 0.29) is 23.8 Å². The second-order valence-electron chi connectivity index (χ2n) is 8.36. The molecule has 1 atom stereocenters. The third-order valence-corrected chi connectivity index (χ3v) is 6.38. The first-order valence-corrected chi connectivity index (χ1v) is 10.3. The minimum atomic E-state index is 0.0107. The van der Waals surface area contributed by atoms with Crippen LogP contribution in [-0.4, -0.2) is 43.0 Å². The predicted octanol–water partition coefficient (Wildman–Crippen LogP) is 3.48. The number of benzene rings is 1. The maximum atomic E-state index is 13.4. The number of methoxy groups -OCH3 is 1. The molecule has 2 saturated carbocycles. The van der Waals surface area contributed by atoms with Crippen molar-refractivity contribution in [3.63, 3.8) is 0 Å². The second kappa shape index (κ2) is 7.53. The molecular weight excluding hydrogens is 340 g/mol. The van der Waals surface area contributed by atoms with Gasteiger partial charge in [0.25, 0.3) is 0 Å². The van der Waals surface area contributed by atoms with Gasteiger partial charge in [-0.15, -0.1) is 0 Å². The van der Waals surface area contributed by atoms with Crippen LogP contribution in [0.2, 0.25) is 0 Å². The summed E-state index contributed by atoms with van der Waals surface area (Å²) in [6, 6.07) is 8.04. The molecule has 0 spiro atoms. The van der Waals surface area contributed by atoms with E-state index in [1.807, 2.05) is 34.1 Å². The van der Waals surface area contributed by atoms with Crippen LogP contribution in [0, 0.1) is 17.8 Å². The zero-order valence-electron chi connectivity index (χ0n) is 16.4. The normalized spacial score (nSPS) is 21.6. The Labute approximate surface area is 161 Å². The summed E-state index contributed by atoms with van der Waals surface area (Å²) >= 11 is 0. The highest BCUT2D eigenvalue weighted by molar-refractivity contribution is 5.96. The van der Waals surface area contributed by atoms with Gasteiger partial charge in [0, 0.05) is 36.7 Å². The van der Waals surface area contributed by atoms with E-state index in [2.05, 4.69) is 6.92 Å². The summed E-state index contributed by atoms with van der Waals surface area (Å²) < 4.78 is 5.26. The van der Waals surface area contributed by atoms with E-state index >= 15 is 0 Å². The summed E-state index contributed by atoms with van der Waals surface area (Å²) in [7, 11) is 1.65. The van der Waals surface area contributed by atoms with E-state index in [0.717, 1.165) is 50.2 Å². The fourth-order valence-electron chi connectivity index (χ4n) is 4.23. The molecule has 3 aliphatic rings. The first-order chi connectivity index (χ1) is 13.1. The van der Waals surface area contributed by atoms with Gasteiger partial charge in [-0.05, 0) is 75.6 Å². The molecule has 0 bridgehead atoms. The maximum absolute atomic E-state index is 13.4. The quantitative estimate of drug-likeness (QED) is 0.770. The molecule has 1 unspecified atom stereocenters. The molecule has 146 valence electrons. The monoisotopic (exact) mass is 370 g/mol. The lowest BCUT2D eigenvalue weighted by atomic mass is 9.93. The van der Waals surface area contributed by atoms with Crippen LogP contribution in [0.5, 0.6) is 5.75 Å². The van der Waals surface area contributed by atoms with E-state index in [9.17, 15) is 9.59 Å². The first-order valence-electron chi connectivity index (χ1n) is 10.3. The van der Waals surface area contributed by atoms with Gasteiger partial charge >= 0.3 is 0 Å². The molecule has 2 amide bonds. The van der Waals surface area contributed by atoms with Gasteiger partial charge in [0.05, 0.1) is 7.11 Å². The Hall–Kier alpha value is -2.04. The maximum Gasteiger partial charge on any atom is 0.230 e. The number of hydrogen-bond donors (Lipinski definition) is 0. The number of carbonyl (C=O) groups excluding carboxylic acids is 2. The molecule has 2 aliphatic carbocycles. The molecule has 0 aromatic heterocycles. The number of carbonyl (C=O) groups is 2.